The fourth-order valence-corrected chi connectivity index (χ4v) is 4.48. The number of carbonyl (C=O) groups excluding carboxylic acids is 2. The van der Waals surface area contributed by atoms with Gasteiger partial charge in [0.15, 0.2) is 0 Å². The van der Waals surface area contributed by atoms with E-state index in [0.717, 1.165) is 18.6 Å². The maximum Gasteiger partial charge on any atom is 0.414 e. The first-order valence-corrected chi connectivity index (χ1v) is 9.84. The van der Waals surface area contributed by atoms with Gasteiger partial charge in [0.2, 0.25) is 5.91 Å². The van der Waals surface area contributed by atoms with Crippen molar-refractivity contribution < 1.29 is 23.6 Å². The number of cyclic esters (lactones) is 1. The van der Waals surface area contributed by atoms with E-state index in [2.05, 4.69) is 15.4 Å². The fraction of sp³-hybridized carbons (Fsp3) is 0.550. The van der Waals surface area contributed by atoms with Crippen LogP contribution in [0.25, 0.3) is 0 Å². The van der Waals surface area contributed by atoms with Crippen molar-refractivity contribution in [3.8, 4) is 0 Å². The Morgan fingerprint density at radius 2 is 2.03 bits per heavy atom. The van der Waals surface area contributed by atoms with E-state index < -0.39 is 12.2 Å². The Balaban J connectivity index is 1.46. The third-order valence-electron chi connectivity index (χ3n) is 5.81. The number of anilines is 2. The van der Waals surface area contributed by atoms with E-state index >= 15 is 0 Å². The van der Waals surface area contributed by atoms with E-state index in [1.165, 1.54) is 17.9 Å². The zero-order valence-corrected chi connectivity index (χ0v) is 16.6. The van der Waals surface area contributed by atoms with Crippen LogP contribution in [0.4, 0.5) is 20.6 Å². The minimum absolute atomic E-state index is 0.191. The first-order chi connectivity index (χ1) is 14.0. The number of nitrogens with zero attached hydrogens (tertiary/aromatic N) is 3. The van der Waals surface area contributed by atoms with E-state index in [0.29, 0.717) is 24.5 Å². The molecule has 2 bridgehead atoms. The van der Waals surface area contributed by atoms with Crippen molar-refractivity contribution in [3.05, 3.63) is 24.0 Å². The highest BCUT2D eigenvalue weighted by Crippen LogP contribution is 2.38. The molecule has 3 fully saturated rings. The summed E-state index contributed by atoms with van der Waals surface area (Å²) in [7, 11) is 1.56. The van der Waals surface area contributed by atoms with Gasteiger partial charge >= 0.3 is 6.09 Å². The highest BCUT2D eigenvalue weighted by molar-refractivity contribution is 5.93. The van der Waals surface area contributed by atoms with Crippen LogP contribution in [0.3, 0.4) is 0 Å². The van der Waals surface area contributed by atoms with Crippen LogP contribution in [0.15, 0.2) is 23.4 Å². The third-order valence-corrected chi connectivity index (χ3v) is 5.81. The summed E-state index contributed by atoms with van der Waals surface area (Å²) in [5.41, 5.74) is 2.07. The van der Waals surface area contributed by atoms with E-state index in [4.69, 9.17) is 9.57 Å². The van der Waals surface area contributed by atoms with Crippen molar-refractivity contribution in [1.82, 2.24) is 5.32 Å². The molecule has 2 amide bonds. The van der Waals surface area contributed by atoms with Crippen LogP contribution in [0.2, 0.25) is 0 Å². The molecule has 1 aromatic carbocycles. The van der Waals surface area contributed by atoms with Crippen LogP contribution in [0.5, 0.6) is 0 Å². The Kier molecular flexibility index (Phi) is 5.29. The topological polar surface area (TPSA) is 83.5 Å². The Labute approximate surface area is 168 Å². The normalized spacial score (nSPS) is 25.8. The molecular weight excluding hydrogens is 379 g/mol. The van der Waals surface area contributed by atoms with Gasteiger partial charge < -0.3 is 19.8 Å². The summed E-state index contributed by atoms with van der Waals surface area (Å²) in [4.78, 5) is 31.6. The fourth-order valence-electron chi connectivity index (χ4n) is 4.48. The van der Waals surface area contributed by atoms with Crippen molar-refractivity contribution in [2.75, 3.05) is 43.1 Å². The first-order valence-electron chi connectivity index (χ1n) is 9.84. The van der Waals surface area contributed by atoms with Crippen molar-refractivity contribution in [1.29, 1.82) is 0 Å². The molecule has 2 saturated heterocycles. The molecular formula is C20H25FN4O4. The third kappa shape index (κ3) is 3.86. The van der Waals surface area contributed by atoms with Crippen molar-refractivity contribution in [2.45, 2.75) is 25.9 Å². The van der Waals surface area contributed by atoms with Gasteiger partial charge in [0.25, 0.3) is 0 Å². The van der Waals surface area contributed by atoms with Gasteiger partial charge in [-0.1, -0.05) is 5.16 Å². The molecule has 9 heteroatoms. The number of nitrogens with one attached hydrogen (secondary N) is 1. The molecule has 3 aliphatic rings. The van der Waals surface area contributed by atoms with Crippen molar-refractivity contribution in [3.63, 3.8) is 0 Å². The van der Waals surface area contributed by atoms with Gasteiger partial charge in [-0.15, -0.1) is 0 Å². The molecule has 1 saturated carbocycles. The van der Waals surface area contributed by atoms with E-state index in [1.807, 2.05) is 0 Å². The number of ether oxygens (including phenoxy) is 1. The molecule has 156 valence electrons. The Morgan fingerprint density at radius 3 is 2.66 bits per heavy atom. The number of oxime groups is 1. The van der Waals surface area contributed by atoms with Gasteiger partial charge in [-0.25, -0.2) is 9.18 Å². The second kappa shape index (κ2) is 7.88. The second-order valence-corrected chi connectivity index (χ2v) is 7.76. The maximum atomic E-state index is 15.0. The number of piperidine rings is 1. The second-order valence-electron chi connectivity index (χ2n) is 7.76. The summed E-state index contributed by atoms with van der Waals surface area (Å²) in [5.74, 6) is 0.0166. The Hall–Kier alpha value is -2.84. The number of carbonyl (C=O) groups is 2. The molecule has 1 aromatic rings. The van der Waals surface area contributed by atoms with E-state index in [9.17, 15) is 14.0 Å². The zero-order valence-electron chi connectivity index (χ0n) is 16.6. The SMILES string of the molecule is CON=C1C2CCC1CN(c1ccc(N3C[C@H](CNC(C)=O)OC3=O)cc1F)C2. The van der Waals surface area contributed by atoms with Crippen molar-refractivity contribution in [2.24, 2.45) is 17.0 Å². The summed E-state index contributed by atoms with van der Waals surface area (Å²) >= 11 is 0. The average Bonchev–Trinajstić information content (AvgIpc) is 3.15. The van der Waals surface area contributed by atoms with Gasteiger partial charge in [-0.2, -0.15) is 0 Å². The maximum absolute atomic E-state index is 15.0. The van der Waals surface area contributed by atoms with Gasteiger partial charge in [0, 0.05) is 31.8 Å². The molecule has 8 nitrogen and oxygen atoms in total. The predicted octanol–water partition coefficient (Wildman–Crippen LogP) is 2.14. The zero-order chi connectivity index (χ0) is 20.5. The molecule has 1 N–H and O–H groups in total. The summed E-state index contributed by atoms with van der Waals surface area (Å²) in [6.45, 7) is 3.32. The Bertz CT molecular complexity index is 830. The highest BCUT2D eigenvalue weighted by atomic mass is 19.1. The quantitative estimate of drug-likeness (QED) is 0.761. The highest BCUT2D eigenvalue weighted by Gasteiger charge is 2.40. The Morgan fingerprint density at radius 1 is 1.31 bits per heavy atom. The van der Waals surface area contributed by atoms with Crippen LogP contribution < -0.4 is 15.1 Å². The van der Waals surface area contributed by atoms with Crippen LogP contribution in [-0.4, -0.2) is 57.1 Å². The predicted molar refractivity (Wildman–Crippen MR) is 106 cm³/mol. The van der Waals surface area contributed by atoms with Crippen LogP contribution in [0, 0.1) is 17.7 Å². The van der Waals surface area contributed by atoms with Gasteiger partial charge in [-0.3, -0.25) is 9.69 Å². The number of rotatable bonds is 5. The minimum atomic E-state index is -0.538. The molecule has 0 radical (unpaired) electrons. The lowest BCUT2D eigenvalue weighted by atomic mass is 9.95. The van der Waals surface area contributed by atoms with Crippen molar-refractivity contribution >= 4 is 29.1 Å². The lowest BCUT2D eigenvalue weighted by Gasteiger charge is -2.34. The summed E-state index contributed by atoms with van der Waals surface area (Å²) in [6, 6.07) is 4.83. The standard InChI is InChI=1S/C20H25FN4O4/c1-12(26)22-8-16-11-25(20(27)29-16)15-5-6-18(17(21)7-15)24-9-13-3-4-14(10-24)19(13)23-28-2/h5-7,13-14,16H,3-4,8-11H2,1-2H3,(H,22,26)/t13?,14?,16-/m0/s1. The number of hydrogen-bond donors (Lipinski definition) is 1. The molecule has 3 atom stereocenters. The number of halogens is 1. The molecule has 4 rings (SSSR count). The van der Waals surface area contributed by atoms with E-state index in [-0.39, 0.29) is 36.6 Å². The molecule has 2 heterocycles. The van der Waals surface area contributed by atoms with Crippen LogP contribution >= 0.6 is 0 Å². The van der Waals surface area contributed by atoms with Gasteiger partial charge in [0.1, 0.15) is 19.0 Å². The summed E-state index contributed by atoms with van der Waals surface area (Å²) in [5, 5.41) is 6.81. The molecule has 0 spiro atoms. The average molecular weight is 404 g/mol. The number of fused-ring (bicyclic) bond motifs is 2. The molecule has 1 aliphatic carbocycles. The lowest BCUT2D eigenvalue weighted by Crippen LogP contribution is -2.42. The molecule has 2 unspecified atom stereocenters. The van der Waals surface area contributed by atoms with Crippen LogP contribution in [-0.2, 0) is 14.4 Å². The number of benzene rings is 1. The molecule has 0 aromatic heterocycles. The summed E-state index contributed by atoms with van der Waals surface area (Å²) in [6.07, 6.45) is 1.09. The first kappa shape index (κ1) is 19.5. The molecule has 29 heavy (non-hydrogen) atoms. The van der Waals surface area contributed by atoms with Gasteiger partial charge in [-0.05, 0) is 31.0 Å². The molecule has 2 aliphatic heterocycles. The number of hydrogen-bond acceptors (Lipinski definition) is 6. The smallest absolute Gasteiger partial charge is 0.414 e. The lowest BCUT2D eigenvalue weighted by molar-refractivity contribution is -0.119. The van der Waals surface area contributed by atoms with E-state index in [1.54, 1.807) is 19.2 Å². The minimum Gasteiger partial charge on any atom is -0.442 e. The number of amides is 2. The summed E-state index contributed by atoms with van der Waals surface area (Å²) < 4.78 is 20.2. The van der Waals surface area contributed by atoms with Gasteiger partial charge in [0.05, 0.1) is 30.2 Å². The van der Waals surface area contributed by atoms with Crippen LogP contribution in [0.1, 0.15) is 19.8 Å². The monoisotopic (exact) mass is 404 g/mol. The largest absolute Gasteiger partial charge is 0.442 e.